The Hall–Kier alpha value is -2.33. The van der Waals surface area contributed by atoms with E-state index < -0.39 is 0 Å². The van der Waals surface area contributed by atoms with Gasteiger partial charge in [-0.25, -0.2) is 4.98 Å². The maximum atomic E-state index is 5.98. The summed E-state index contributed by atoms with van der Waals surface area (Å²) in [5, 5.41) is 0. The molecule has 0 spiro atoms. The first-order valence-corrected chi connectivity index (χ1v) is 11.3. The summed E-state index contributed by atoms with van der Waals surface area (Å²) >= 11 is 0. The number of piperidine rings is 1. The summed E-state index contributed by atoms with van der Waals surface area (Å²) in [5.74, 6) is 2.72. The number of hydrogen-bond acceptors (Lipinski definition) is 3. The molecular formula is C26H35N3O. The Morgan fingerprint density at radius 2 is 1.80 bits per heavy atom. The molecule has 1 fully saturated rings. The second-order valence-corrected chi connectivity index (χ2v) is 9.83. The first kappa shape index (κ1) is 20.9. The van der Waals surface area contributed by atoms with E-state index in [4.69, 9.17) is 9.72 Å². The van der Waals surface area contributed by atoms with Gasteiger partial charge >= 0.3 is 0 Å². The number of fused-ring (bicyclic) bond motifs is 1. The van der Waals surface area contributed by atoms with Gasteiger partial charge in [-0.05, 0) is 99.1 Å². The number of aromatic amines is 1. The molecule has 1 saturated heterocycles. The summed E-state index contributed by atoms with van der Waals surface area (Å²) in [6, 6.07) is 14.8. The number of nitrogens with one attached hydrogen (secondary N) is 1. The number of H-pyrrole nitrogens is 1. The van der Waals surface area contributed by atoms with Gasteiger partial charge < -0.3 is 14.6 Å². The van der Waals surface area contributed by atoms with E-state index in [1.807, 2.05) is 0 Å². The van der Waals surface area contributed by atoms with Gasteiger partial charge in [-0.2, -0.15) is 0 Å². The Kier molecular flexibility index (Phi) is 6.14. The monoisotopic (exact) mass is 405 g/mol. The van der Waals surface area contributed by atoms with Crippen molar-refractivity contribution in [1.82, 2.24) is 14.9 Å². The van der Waals surface area contributed by atoms with Crippen molar-refractivity contribution in [3.8, 4) is 17.1 Å². The number of ether oxygens (including phenoxy) is 1. The largest absolute Gasteiger partial charge is 0.494 e. The molecule has 1 N–H and O–H groups in total. The summed E-state index contributed by atoms with van der Waals surface area (Å²) in [7, 11) is 2.22. The van der Waals surface area contributed by atoms with Crippen LogP contribution in [-0.4, -0.2) is 41.6 Å². The fourth-order valence-corrected chi connectivity index (χ4v) is 4.23. The molecule has 3 aromatic rings. The molecule has 4 nitrogen and oxygen atoms in total. The van der Waals surface area contributed by atoms with Crippen molar-refractivity contribution in [3.05, 3.63) is 48.0 Å². The highest BCUT2D eigenvalue weighted by Crippen LogP contribution is 2.28. The van der Waals surface area contributed by atoms with Gasteiger partial charge in [-0.3, -0.25) is 0 Å². The van der Waals surface area contributed by atoms with Gasteiger partial charge in [0.05, 0.1) is 17.6 Å². The van der Waals surface area contributed by atoms with Crippen molar-refractivity contribution in [2.24, 2.45) is 5.92 Å². The summed E-state index contributed by atoms with van der Waals surface area (Å²) < 4.78 is 5.98. The SMILES string of the molecule is CN1CCC(CCCOc2ccc(-c3nc4ccc(C(C)(C)C)cc4[nH]3)cc2)CC1. The Bertz CT molecular complexity index is 960. The second kappa shape index (κ2) is 8.81. The first-order chi connectivity index (χ1) is 14.4. The van der Waals surface area contributed by atoms with Gasteiger partial charge in [0.1, 0.15) is 11.6 Å². The zero-order valence-corrected chi connectivity index (χ0v) is 18.9. The van der Waals surface area contributed by atoms with Crippen LogP contribution in [0.2, 0.25) is 0 Å². The highest BCUT2D eigenvalue weighted by molar-refractivity contribution is 5.80. The molecule has 0 saturated carbocycles. The van der Waals surface area contributed by atoms with Gasteiger partial charge in [0.25, 0.3) is 0 Å². The highest BCUT2D eigenvalue weighted by atomic mass is 16.5. The van der Waals surface area contributed by atoms with Crippen LogP contribution >= 0.6 is 0 Å². The lowest BCUT2D eigenvalue weighted by atomic mass is 9.87. The molecule has 1 aromatic heterocycles. The number of aromatic nitrogens is 2. The molecule has 30 heavy (non-hydrogen) atoms. The van der Waals surface area contributed by atoms with Crippen molar-refractivity contribution >= 4 is 11.0 Å². The van der Waals surface area contributed by atoms with Crippen LogP contribution in [0, 0.1) is 5.92 Å². The average Bonchev–Trinajstić information content (AvgIpc) is 3.16. The highest BCUT2D eigenvalue weighted by Gasteiger charge is 2.16. The van der Waals surface area contributed by atoms with E-state index in [1.165, 1.54) is 37.9 Å². The molecule has 2 heterocycles. The van der Waals surface area contributed by atoms with Crippen molar-refractivity contribution in [2.45, 2.75) is 51.9 Å². The van der Waals surface area contributed by atoms with E-state index in [2.05, 4.69) is 80.2 Å². The van der Waals surface area contributed by atoms with Crippen LogP contribution in [0.25, 0.3) is 22.4 Å². The van der Waals surface area contributed by atoms with Crippen molar-refractivity contribution in [1.29, 1.82) is 0 Å². The normalized spacial score (nSPS) is 16.3. The molecule has 1 aliphatic rings. The molecule has 0 atom stereocenters. The van der Waals surface area contributed by atoms with Crippen molar-refractivity contribution < 1.29 is 4.74 Å². The minimum Gasteiger partial charge on any atom is -0.494 e. The molecule has 0 aliphatic carbocycles. The summed E-state index contributed by atoms with van der Waals surface area (Å²) in [4.78, 5) is 10.7. The molecule has 0 radical (unpaired) electrons. The van der Waals surface area contributed by atoms with E-state index >= 15 is 0 Å². The Labute approximate surface area is 180 Å². The van der Waals surface area contributed by atoms with Crippen LogP contribution in [0.5, 0.6) is 5.75 Å². The molecular weight excluding hydrogens is 370 g/mol. The lowest BCUT2D eigenvalue weighted by Gasteiger charge is -2.28. The van der Waals surface area contributed by atoms with Gasteiger partial charge in [0.15, 0.2) is 0 Å². The van der Waals surface area contributed by atoms with E-state index in [0.717, 1.165) is 47.1 Å². The van der Waals surface area contributed by atoms with E-state index in [0.29, 0.717) is 0 Å². The Morgan fingerprint density at radius 3 is 2.50 bits per heavy atom. The van der Waals surface area contributed by atoms with Gasteiger partial charge in [0, 0.05) is 5.56 Å². The summed E-state index contributed by atoms with van der Waals surface area (Å²) in [6.07, 6.45) is 5.08. The number of likely N-dealkylation sites (tertiary alicyclic amines) is 1. The lowest BCUT2D eigenvalue weighted by Crippen LogP contribution is -2.30. The van der Waals surface area contributed by atoms with Crippen molar-refractivity contribution in [3.63, 3.8) is 0 Å². The molecule has 4 rings (SSSR count). The van der Waals surface area contributed by atoms with Crippen LogP contribution < -0.4 is 4.74 Å². The zero-order chi connectivity index (χ0) is 21.1. The van der Waals surface area contributed by atoms with Crippen LogP contribution in [0.3, 0.4) is 0 Å². The standard InChI is InChI=1S/C26H35N3O/c1-26(2,3)21-9-12-23-24(18-21)28-25(27-23)20-7-10-22(11-8-20)30-17-5-6-19-13-15-29(4)16-14-19/h7-12,18-19H,5-6,13-17H2,1-4H3,(H,27,28). The lowest BCUT2D eigenvalue weighted by molar-refractivity contribution is 0.200. The van der Waals surface area contributed by atoms with Gasteiger partial charge in [-0.1, -0.05) is 26.8 Å². The molecule has 1 aliphatic heterocycles. The third-order valence-corrected chi connectivity index (χ3v) is 6.34. The number of hydrogen-bond donors (Lipinski definition) is 1. The van der Waals surface area contributed by atoms with Gasteiger partial charge in [0.2, 0.25) is 0 Å². The minimum atomic E-state index is 0.131. The quantitative estimate of drug-likeness (QED) is 0.509. The smallest absolute Gasteiger partial charge is 0.138 e. The molecule has 4 heteroatoms. The maximum Gasteiger partial charge on any atom is 0.138 e. The van der Waals surface area contributed by atoms with Crippen LogP contribution in [-0.2, 0) is 5.41 Å². The molecule has 2 aromatic carbocycles. The summed E-state index contributed by atoms with van der Waals surface area (Å²) in [6.45, 7) is 9.98. The third kappa shape index (κ3) is 5.04. The van der Waals surface area contributed by atoms with Gasteiger partial charge in [-0.15, -0.1) is 0 Å². The topological polar surface area (TPSA) is 41.1 Å². The summed E-state index contributed by atoms with van der Waals surface area (Å²) in [5.41, 5.74) is 4.63. The molecule has 0 bridgehead atoms. The Morgan fingerprint density at radius 1 is 1.07 bits per heavy atom. The predicted octanol–water partition coefficient (Wildman–Crippen LogP) is 6.03. The minimum absolute atomic E-state index is 0.131. The predicted molar refractivity (Wildman–Crippen MR) is 125 cm³/mol. The third-order valence-electron chi connectivity index (χ3n) is 6.34. The fourth-order valence-electron chi connectivity index (χ4n) is 4.23. The van der Waals surface area contributed by atoms with Crippen LogP contribution in [0.1, 0.15) is 52.0 Å². The van der Waals surface area contributed by atoms with Crippen LogP contribution in [0.15, 0.2) is 42.5 Å². The zero-order valence-electron chi connectivity index (χ0n) is 18.9. The molecule has 0 unspecified atom stereocenters. The van der Waals surface area contributed by atoms with E-state index in [9.17, 15) is 0 Å². The Balaban J connectivity index is 1.33. The van der Waals surface area contributed by atoms with E-state index in [1.54, 1.807) is 0 Å². The van der Waals surface area contributed by atoms with E-state index in [-0.39, 0.29) is 5.41 Å². The number of nitrogens with zero attached hydrogens (tertiary/aromatic N) is 2. The van der Waals surface area contributed by atoms with Crippen LogP contribution in [0.4, 0.5) is 0 Å². The first-order valence-electron chi connectivity index (χ1n) is 11.3. The maximum absolute atomic E-state index is 5.98. The van der Waals surface area contributed by atoms with Crippen molar-refractivity contribution in [2.75, 3.05) is 26.7 Å². The number of benzene rings is 2. The number of imidazole rings is 1. The second-order valence-electron chi connectivity index (χ2n) is 9.83. The number of rotatable bonds is 6. The average molecular weight is 406 g/mol. The fraction of sp³-hybridized carbons (Fsp3) is 0.500. The molecule has 0 amide bonds. The molecule has 160 valence electrons.